The fourth-order valence-corrected chi connectivity index (χ4v) is 11.3. The number of allylic oxidation sites excluding steroid dienone is 4. The molecule has 0 aliphatic heterocycles. The Balaban J connectivity index is 5.16. The molecular formula is C68H128O17P2. The van der Waals surface area contributed by atoms with Gasteiger partial charge in [-0.1, -0.05) is 271 Å². The van der Waals surface area contributed by atoms with E-state index in [2.05, 4.69) is 58.9 Å². The Labute approximate surface area is 529 Å². The predicted molar refractivity (Wildman–Crippen MR) is 349 cm³/mol. The molecule has 2 unspecified atom stereocenters. The van der Waals surface area contributed by atoms with Gasteiger partial charge in [0.25, 0.3) is 0 Å². The van der Waals surface area contributed by atoms with Crippen LogP contribution in [0.25, 0.3) is 0 Å². The van der Waals surface area contributed by atoms with Crippen molar-refractivity contribution in [3.8, 4) is 0 Å². The summed E-state index contributed by atoms with van der Waals surface area (Å²) in [6, 6.07) is 0. The SMILES string of the molecule is CCCCCC/C=C\C=C/CCCCCCCC(=O)OC[C@H](COP(=O)(O)OC[C@@H](O)COP(=O)(O)OC[C@@H](COC(=O)CCCCCCC)OC(=O)CCCCCCCCCC)OC(=O)CCCCCCCCCCCCCCCCCCC(C)C. The van der Waals surface area contributed by atoms with Crippen LogP contribution in [0.4, 0.5) is 0 Å². The molecule has 0 amide bonds. The minimum absolute atomic E-state index is 0.101. The first-order chi connectivity index (χ1) is 42.0. The van der Waals surface area contributed by atoms with Crippen molar-refractivity contribution in [3.05, 3.63) is 24.3 Å². The third-order valence-electron chi connectivity index (χ3n) is 15.2. The van der Waals surface area contributed by atoms with Crippen LogP contribution in [0, 0.1) is 5.92 Å². The number of esters is 4. The molecule has 5 atom stereocenters. The Bertz CT molecular complexity index is 1780. The number of carbonyl (C=O) groups excluding carboxylic acids is 4. The molecule has 0 spiro atoms. The average Bonchev–Trinajstić information content (AvgIpc) is 3.51. The van der Waals surface area contributed by atoms with Gasteiger partial charge in [0, 0.05) is 25.7 Å². The average molecular weight is 1280 g/mol. The Morgan fingerprint density at radius 2 is 0.621 bits per heavy atom. The monoisotopic (exact) mass is 1280 g/mol. The first-order valence-corrected chi connectivity index (χ1v) is 37.9. The minimum atomic E-state index is -4.95. The number of ether oxygens (including phenoxy) is 4. The van der Waals surface area contributed by atoms with Crippen LogP contribution in [0.15, 0.2) is 24.3 Å². The van der Waals surface area contributed by atoms with Gasteiger partial charge in [-0.15, -0.1) is 0 Å². The van der Waals surface area contributed by atoms with E-state index in [1.165, 1.54) is 116 Å². The van der Waals surface area contributed by atoms with Crippen LogP contribution in [0.5, 0.6) is 0 Å². The molecule has 0 heterocycles. The molecule has 0 aromatic carbocycles. The molecule has 512 valence electrons. The number of phosphoric acid groups is 2. The zero-order valence-electron chi connectivity index (χ0n) is 55.6. The van der Waals surface area contributed by atoms with E-state index in [4.69, 9.17) is 37.0 Å². The maximum Gasteiger partial charge on any atom is 0.472 e. The van der Waals surface area contributed by atoms with Crippen molar-refractivity contribution in [2.75, 3.05) is 39.6 Å². The van der Waals surface area contributed by atoms with Gasteiger partial charge in [-0.05, 0) is 57.3 Å². The summed E-state index contributed by atoms with van der Waals surface area (Å²) < 4.78 is 67.8. The van der Waals surface area contributed by atoms with E-state index < -0.39 is 97.5 Å². The minimum Gasteiger partial charge on any atom is -0.462 e. The number of carbonyl (C=O) groups is 4. The Morgan fingerprint density at radius 1 is 0.356 bits per heavy atom. The molecule has 0 bridgehead atoms. The van der Waals surface area contributed by atoms with E-state index in [9.17, 15) is 43.2 Å². The molecule has 87 heavy (non-hydrogen) atoms. The highest BCUT2D eigenvalue weighted by molar-refractivity contribution is 7.47. The van der Waals surface area contributed by atoms with Crippen LogP contribution in [-0.2, 0) is 65.4 Å². The van der Waals surface area contributed by atoms with Crippen molar-refractivity contribution in [2.45, 2.75) is 342 Å². The van der Waals surface area contributed by atoms with Crippen LogP contribution < -0.4 is 0 Å². The standard InChI is InChI=1S/C68H128O17P2/c1-6-9-12-15-17-19-20-21-24-28-31-34-38-42-47-52-66(71)79-58-64(85-68(73)54-49-44-39-35-32-29-26-23-22-25-27-30-33-36-41-45-50-61(4)5)60-83-87(76,77)81-56-62(69)55-80-86(74,75)82-59-63(57-78-65(70)51-46-40-14-11-8-3)84-67(72)53-48-43-37-18-16-13-10-7-2/h19-21,24,61-64,69H,6-18,22-23,25-60H2,1-5H3,(H,74,75)(H,76,77)/b20-19-,24-21-/t62-,63+,64+/m0/s1. The third kappa shape index (κ3) is 62.1. The van der Waals surface area contributed by atoms with E-state index in [1.807, 2.05) is 0 Å². The zero-order chi connectivity index (χ0) is 64.2. The second kappa shape index (κ2) is 61.1. The van der Waals surface area contributed by atoms with Gasteiger partial charge in [-0.3, -0.25) is 37.3 Å². The fraction of sp³-hybridized carbons (Fsp3) is 0.882. The van der Waals surface area contributed by atoms with Crippen LogP contribution in [-0.4, -0.2) is 96.7 Å². The molecule has 0 aliphatic rings. The summed E-state index contributed by atoms with van der Waals surface area (Å²) in [7, 11) is -9.89. The molecule has 19 heteroatoms. The highest BCUT2D eigenvalue weighted by Gasteiger charge is 2.30. The lowest BCUT2D eigenvalue weighted by Crippen LogP contribution is -2.30. The van der Waals surface area contributed by atoms with Crippen LogP contribution in [0.3, 0.4) is 0 Å². The van der Waals surface area contributed by atoms with Crippen molar-refractivity contribution < 1.29 is 80.2 Å². The van der Waals surface area contributed by atoms with Gasteiger partial charge in [0.1, 0.15) is 19.3 Å². The predicted octanol–water partition coefficient (Wildman–Crippen LogP) is 18.9. The van der Waals surface area contributed by atoms with Crippen LogP contribution >= 0.6 is 15.6 Å². The quantitative estimate of drug-likeness (QED) is 0.0169. The third-order valence-corrected chi connectivity index (χ3v) is 17.1. The molecule has 0 radical (unpaired) electrons. The lowest BCUT2D eigenvalue weighted by molar-refractivity contribution is -0.161. The Hall–Kier alpha value is -2.46. The second-order valence-electron chi connectivity index (χ2n) is 24.4. The maximum atomic E-state index is 13.0. The zero-order valence-corrected chi connectivity index (χ0v) is 57.4. The fourth-order valence-electron chi connectivity index (χ4n) is 9.75. The van der Waals surface area contributed by atoms with E-state index in [0.717, 1.165) is 128 Å². The van der Waals surface area contributed by atoms with E-state index in [-0.39, 0.29) is 25.7 Å². The molecule has 0 saturated carbocycles. The Kier molecular flexibility index (Phi) is 59.3. The van der Waals surface area contributed by atoms with E-state index >= 15 is 0 Å². The Morgan fingerprint density at radius 3 is 0.943 bits per heavy atom. The van der Waals surface area contributed by atoms with Crippen LogP contribution in [0.1, 0.15) is 324 Å². The van der Waals surface area contributed by atoms with Crippen molar-refractivity contribution in [1.82, 2.24) is 0 Å². The molecule has 0 rings (SSSR count). The normalized spacial score (nSPS) is 14.3. The second-order valence-corrected chi connectivity index (χ2v) is 27.3. The molecule has 0 fully saturated rings. The number of aliphatic hydroxyl groups is 1. The van der Waals surface area contributed by atoms with Crippen molar-refractivity contribution in [2.24, 2.45) is 5.92 Å². The van der Waals surface area contributed by atoms with Crippen molar-refractivity contribution >= 4 is 39.5 Å². The number of hydrogen-bond acceptors (Lipinski definition) is 15. The molecule has 3 N–H and O–H groups in total. The largest absolute Gasteiger partial charge is 0.472 e. The van der Waals surface area contributed by atoms with Gasteiger partial charge in [0.05, 0.1) is 26.4 Å². The summed E-state index contributed by atoms with van der Waals surface area (Å²) in [5, 5.41) is 10.5. The lowest BCUT2D eigenvalue weighted by Gasteiger charge is -2.21. The summed E-state index contributed by atoms with van der Waals surface area (Å²) in [6.07, 6.45) is 49.9. The molecular weight excluding hydrogens is 1150 g/mol. The number of aliphatic hydroxyl groups excluding tert-OH is 1. The molecule has 0 aromatic heterocycles. The molecule has 0 aliphatic carbocycles. The first kappa shape index (κ1) is 84.5. The van der Waals surface area contributed by atoms with E-state index in [0.29, 0.717) is 25.7 Å². The smallest absolute Gasteiger partial charge is 0.462 e. The summed E-state index contributed by atoms with van der Waals surface area (Å²) in [4.78, 5) is 72.0. The van der Waals surface area contributed by atoms with Crippen LogP contribution in [0.2, 0.25) is 0 Å². The molecule has 0 aromatic rings. The molecule has 0 saturated heterocycles. The maximum absolute atomic E-state index is 13.0. The number of hydrogen-bond donors (Lipinski definition) is 3. The lowest BCUT2D eigenvalue weighted by atomic mass is 10.0. The summed E-state index contributed by atoms with van der Waals surface area (Å²) in [6.45, 7) is 7.07. The molecule has 17 nitrogen and oxygen atoms in total. The van der Waals surface area contributed by atoms with Crippen molar-refractivity contribution in [1.29, 1.82) is 0 Å². The topological polar surface area (TPSA) is 237 Å². The number of unbranched alkanes of at least 4 members (excludes halogenated alkanes) is 35. The summed E-state index contributed by atoms with van der Waals surface area (Å²) in [5.41, 5.74) is 0. The van der Waals surface area contributed by atoms with Gasteiger partial charge in [-0.2, -0.15) is 0 Å². The highest BCUT2D eigenvalue weighted by atomic mass is 31.2. The number of rotatable bonds is 66. The van der Waals surface area contributed by atoms with Crippen molar-refractivity contribution in [3.63, 3.8) is 0 Å². The van der Waals surface area contributed by atoms with Gasteiger partial charge < -0.3 is 33.8 Å². The first-order valence-electron chi connectivity index (χ1n) is 35.0. The van der Waals surface area contributed by atoms with Gasteiger partial charge in [0.2, 0.25) is 0 Å². The van der Waals surface area contributed by atoms with Gasteiger partial charge in [-0.25, -0.2) is 9.13 Å². The van der Waals surface area contributed by atoms with E-state index in [1.54, 1.807) is 0 Å². The van der Waals surface area contributed by atoms with Gasteiger partial charge in [0.15, 0.2) is 12.2 Å². The summed E-state index contributed by atoms with van der Waals surface area (Å²) in [5.74, 6) is -1.36. The van der Waals surface area contributed by atoms with Gasteiger partial charge >= 0.3 is 39.5 Å². The summed E-state index contributed by atoms with van der Waals surface area (Å²) >= 11 is 0. The highest BCUT2D eigenvalue weighted by Crippen LogP contribution is 2.45. The number of phosphoric ester groups is 2.